The Hall–Kier alpha value is -0.810. The molecule has 0 saturated carbocycles. The molecule has 1 aliphatic heterocycles. The largest absolute Gasteiger partial charge is 0.391 e. The maximum Gasteiger partial charge on any atom is 0.391 e. The summed E-state index contributed by atoms with van der Waals surface area (Å²) in [6.07, 6.45) is -2.01. The zero-order valence-corrected chi connectivity index (χ0v) is 10.5. The number of alkyl halides is 3. The summed E-state index contributed by atoms with van der Waals surface area (Å²) in [4.78, 5) is 5.98. The van der Waals surface area contributed by atoms with E-state index >= 15 is 0 Å². The van der Waals surface area contributed by atoms with E-state index in [1.807, 2.05) is 11.0 Å². The van der Waals surface area contributed by atoms with E-state index in [0.29, 0.717) is 24.8 Å². The predicted octanol–water partition coefficient (Wildman–Crippen LogP) is 3.51. The molecule has 1 aromatic rings. The molecule has 0 amide bonds. The van der Waals surface area contributed by atoms with Gasteiger partial charge in [0.1, 0.15) is 5.15 Å². The third-order valence-corrected chi connectivity index (χ3v) is 3.47. The van der Waals surface area contributed by atoms with Crippen LogP contribution in [-0.2, 0) is 6.54 Å². The third-order valence-electron chi connectivity index (χ3n) is 3.25. The van der Waals surface area contributed by atoms with Gasteiger partial charge in [0.05, 0.1) is 5.92 Å². The minimum atomic E-state index is -4.05. The van der Waals surface area contributed by atoms with E-state index in [0.717, 1.165) is 5.56 Å². The van der Waals surface area contributed by atoms with E-state index in [2.05, 4.69) is 4.98 Å². The highest BCUT2D eigenvalue weighted by molar-refractivity contribution is 6.29. The normalized spacial score (nSPS) is 19.1. The number of piperidine rings is 1. The first-order valence-electron chi connectivity index (χ1n) is 5.84. The van der Waals surface area contributed by atoms with Gasteiger partial charge in [0.15, 0.2) is 0 Å². The first kappa shape index (κ1) is 13.6. The van der Waals surface area contributed by atoms with Gasteiger partial charge in [-0.05, 0) is 37.6 Å². The van der Waals surface area contributed by atoms with Crippen LogP contribution in [0.15, 0.2) is 18.3 Å². The maximum absolute atomic E-state index is 12.5. The molecular formula is C12H14ClF3N2. The quantitative estimate of drug-likeness (QED) is 0.770. The molecule has 0 radical (unpaired) electrons. The summed E-state index contributed by atoms with van der Waals surface area (Å²) in [5.74, 6) is -1.14. The number of rotatable bonds is 2. The number of likely N-dealkylation sites (tertiary alicyclic amines) is 1. The van der Waals surface area contributed by atoms with Crippen LogP contribution < -0.4 is 0 Å². The lowest BCUT2D eigenvalue weighted by atomic mass is 9.96. The van der Waals surface area contributed by atoms with Gasteiger partial charge in [0, 0.05) is 12.7 Å². The highest BCUT2D eigenvalue weighted by Gasteiger charge is 2.40. The lowest BCUT2D eigenvalue weighted by molar-refractivity contribution is -0.185. The van der Waals surface area contributed by atoms with Crippen molar-refractivity contribution in [2.75, 3.05) is 13.1 Å². The highest BCUT2D eigenvalue weighted by atomic mass is 35.5. The zero-order valence-electron chi connectivity index (χ0n) is 9.75. The summed E-state index contributed by atoms with van der Waals surface area (Å²) >= 11 is 5.67. The zero-order chi connectivity index (χ0) is 13.2. The molecule has 0 bridgehead atoms. The topological polar surface area (TPSA) is 16.1 Å². The third kappa shape index (κ3) is 3.59. The van der Waals surface area contributed by atoms with Crippen LogP contribution in [0.3, 0.4) is 0 Å². The SMILES string of the molecule is FC(F)(F)C1CCN(Cc2ccc(Cl)nc2)CC1. The van der Waals surface area contributed by atoms with Crippen molar-refractivity contribution in [3.8, 4) is 0 Å². The fourth-order valence-electron chi connectivity index (χ4n) is 2.18. The fraction of sp³-hybridized carbons (Fsp3) is 0.583. The first-order chi connectivity index (χ1) is 8.45. The maximum atomic E-state index is 12.5. The van der Waals surface area contributed by atoms with Crippen molar-refractivity contribution in [1.82, 2.24) is 9.88 Å². The molecular weight excluding hydrogens is 265 g/mol. The summed E-state index contributed by atoms with van der Waals surface area (Å²) < 4.78 is 37.5. The number of hydrogen-bond acceptors (Lipinski definition) is 2. The molecule has 0 aromatic carbocycles. The van der Waals surface area contributed by atoms with Gasteiger partial charge in [-0.2, -0.15) is 13.2 Å². The minimum absolute atomic E-state index is 0.185. The van der Waals surface area contributed by atoms with Crippen LogP contribution in [0.2, 0.25) is 5.15 Å². The van der Waals surface area contributed by atoms with Gasteiger partial charge in [-0.3, -0.25) is 4.90 Å². The molecule has 0 spiro atoms. The summed E-state index contributed by atoms with van der Waals surface area (Å²) in [7, 11) is 0. The molecule has 0 aliphatic carbocycles. The van der Waals surface area contributed by atoms with E-state index < -0.39 is 12.1 Å². The Bertz CT molecular complexity index is 383. The van der Waals surface area contributed by atoms with Crippen LogP contribution in [-0.4, -0.2) is 29.1 Å². The fourth-order valence-corrected chi connectivity index (χ4v) is 2.29. The Morgan fingerprint density at radius 2 is 1.94 bits per heavy atom. The Morgan fingerprint density at radius 3 is 2.44 bits per heavy atom. The van der Waals surface area contributed by atoms with Gasteiger partial charge in [-0.15, -0.1) is 0 Å². The number of pyridine rings is 1. The standard InChI is InChI=1S/C12H14ClF3N2/c13-11-2-1-9(7-17-11)8-18-5-3-10(4-6-18)12(14,15)16/h1-2,7,10H,3-6,8H2. The smallest absolute Gasteiger partial charge is 0.299 e. The van der Waals surface area contributed by atoms with Crippen LogP contribution in [0.25, 0.3) is 0 Å². The molecule has 1 aromatic heterocycles. The van der Waals surface area contributed by atoms with Crippen molar-refractivity contribution in [1.29, 1.82) is 0 Å². The van der Waals surface area contributed by atoms with Gasteiger partial charge in [-0.25, -0.2) is 4.98 Å². The minimum Gasteiger partial charge on any atom is -0.299 e. The lowest BCUT2D eigenvalue weighted by Crippen LogP contribution is -2.38. The molecule has 100 valence electrons. The van der Waals surface area contributed by atoms with Crippen LogP contribution in [0, 0.1) is 5.92 Å². The number of nitrogens with zero attached hydrogens (tertiary/aromatic N) is 2. The average Bonchev–Trinajstić information content (AvgIpc) is 2.32. The first-order valence-corrected chi connectivity index (χ1v) is 6.22. The van der Waals surface area contributed by atoms with Crippen molar-refractivity contribution in [3.63, 3.8) is 0 Å². The van der Waals surface area contributed by atoms with Crippen molar-refractivity contribution in [2.24, 2.45) is 5.92 Å². The second-order valence-electron chi connectivity index (χ2n) is 4.58. The van der Waals surface area contributed by atoms with Crippen molar-refractivity contribution >= 4 is 11.6 Å². The molecule has 2 nitrogen and oxygen atoms in total. The van der Waals surface area contributed by atoms with E-state index in [1.54, 1.807) is 12.3 Å². The Labute approximate surface area is 109 Å². The lowest BCUT2D eigenvalue weighted by Gasteiger charge is -2.32. The number of hydrogen-bond donors (Lipinski definition) is 0. The number of aromatic nitrogens is 1. The summed E-state index contributed by atoms with van der Waals surface area (Å²) in [5, 5.41) is 0.425. The van der Waals surface area contributed by atoms with Gasteiger partial charge >= 0.3 is 6.18 Å². The molecule has 18 heavy (non-hydrogen) atoms. The second kappa shape index (κ2) is 5.45. The molecule has 0 atom stereocenters. The van der Waals surface area contributed by atoms with Crippen LogP contribution in [0.4, 0.5) is 13.2 Å². The molecule has 0 unspecified atom stereocenters. The monoisotopic (exact) mass is 278 g/mol. The van der Waals surface area contributed by atoms with Crippen molar-refractivity contribution in [2.45, 2.75) is 25.6 Å². The molecule has 6 heteroatoms. The second-order valence-corrected chi connectivity index (χ2v) is 4.97. The van der Waals surface area contributed by atoms with Crippen LogP contribution in [0.1, 0.15) is 18.4 Å². The van der Waals surface area contributed by atoms with Crippen LogP contribution >= 0.6 is 11.6 Å². The summed E-state index contributed by atoms with van der Waals surface area (Å²) in [6, 6.07) is 3.55. The predicted molar refractivity (Wildman–Crippen MR) is 63.3 cm³/mol. The van der Waals surface area contributed by atoms with Gasteiger partial charge < -0.3 is 0 Å². The van der Waals surface area contributed by atoms with E-state index in [1.165, 1.54) is 0 Å². The van der Waals surface area contributed by atoms with E-state index in [-0.39, 0.29) is 12.8 Å². The summed E-state index contributed by atoms with van der Waals surface area (Å²) in [6.45, 7) is 1.59. The summed E-state index contributed by atoms with van der Waals surface area (Å²) in [5.41, 5.74) is 0.977. The van der Waals surface area contributed by atoms with E-state index in [4.69, 9.17) is 11.6 Å². The number of halogens is 4. The van der Waals surface area contributed by atoms with Gasteiger partial charge in [0.25, 0.3) is 0 Å². The Morgan fingerprint density at radius 1 is 1.28 bits per heavy atom. The Kier molecular flexibility index (Phi) is 4.12. The van der Waals surface area contributed by atoms with Gasteiger partial charge in [0.2, 0.25) is 0 Å². The Balaban J connectivity index is 1.85. The van der Waals surface area contributed by atoms with Crippen molar-refractivity contribution < 1.29 is 13.2 Å². The molecule has 0 N–H and O–H groups in total. The average molecular weight is 279 g/mol. The molecule has 2 rings (SSSR count). The molecule has 1 fully saturated rings. The van der Waals surface area contributed by atoms with E-state index in [9.17, 15) is 13.2 Å². The highest BCUT2D eigenvalue weighted by Crippen LogP contribution is 2.34. The van der Waals surface area contributed by atoms with Crippen LogP contribution in [0.5, 0.6) is 0 Å². The van der Waals surface area contributed by atoms with Crippen molar-refractivity contribution in [3.05, 3.63) is 29.0 Å². The molecule has 1 saturated heterocycles. The molecule has 1 aliphatic rings. The van der Waals surface area contributed by atoms with Gasteiger partial charge in [-0.1, -0.05) is 17.7 Å². The molecule has 2 heterocycles.